The Morgan fingerprint density at radius 2 is 0.522 bits per heavy atom. The van der Waals surface area contributed by atoms with E-state index < -0.39 is 6.10 Å². The van der Waals surface area contributed by atoms with Crippen molar-refractivity contribution in [1.82, 2.24) is 0 Å². The van der Waals surface area contributed by atoms with Gasteiger partial charge in [0.05, 0.1) is 0 Å². The topological polar surface area (TPSA) is 78.9 Å². The van der Waals surface area contributed by atoms with E-state index in [2.05, 4.69) is 93.7 Å². The maximum Gasteiger partial charge on any atom is 0.306 e. The van der Waals surface area contributed by atoms with Crippen LogP contribution < -0.4 is 0 Å². The molecule has 6 nitrogen and oxygen atoms in total. The van der Waals surface area contributed by atoms with Crippen molar-refractivity contribution in [2.45, 2.75) is 297 Å². The lowest BCUT2D eigenvalue weighted by Gasteiger charge is -2.18. The molecule has 398 valence electrons. The van der Waals surface area contributed by atoms with Crippen LogP contribution >= 0.6 is 0 Å². The van der Waals surface area contributed by atoms with Crippen LogP contribution in [0.25, 0.3) is 0 Å². The molecule has 1 atom stereocenters. The number of unbranched alkanes of at least 4 members (excludes halogenated alkanes) is 30. The Hall–Kier alpha value is -3.15. The minimum atomic E-state index is -0.793. The summed E-state index contributed by atoms with van der Waals surface area (Å²) in [6.45, 7) is 6.57. The lowest BCUT2D eigenvalue weighted by molar-refractivity contribution is -0.167. The average Bonchev–Trinajstić information content (AvgIpc) is 3.35. The summed E-state index contributed by atoms with van der Waals surface area (Å²) in [5, 5.41) is 0. The average molecular weight is 964 g/mol. The Kier molecular flexibility index (Phi) is 54.8. The summed E-state index contributed by atoms with van der Waals surface area (Å²) in [5.74, 6) is -0.924. The van der Waals surface area contributed by atoms with Crippen molar-refractivity contribution in [3.8, 4) is 0 Å². The fourth-order valence-electron chi connectivity index (χ4n) is 8.22. The van der Waals surface area contributed by atoms with Crippen molar-refractivity contribution in [2.24, 2.45) is 0 Å². The standard InChI is InChI=1S/C63H110O6/c1-4-7-10-13-16-19-22-25-28-30-31-33-35-38-41-44-47-50-53-56-62(65)68-59-60(58-67-61(64)55-52-49-46-43-40-37-34-27-24-21-18-15-12-9-6-3)69-63(66)57-54-51-48-45-42-39-36-32-29-26-23-20-17-14-11-8-5-2/h16,18-19,21,25,27-28,31,33-34,38,41,60H,4-15,17,20,22-24,26,29-30,32,35-37,39-40,42-59H2,1-3H3/b19-16-,21-18-,28-25-,33-31-,34-27-,41-38-/t60-/m0/s1. The Morgan fingerprint density at radius 3 is 0.855 bits per heavy atom. The second-order valence-electron chi connectivity index (χ2n) is 19.6. The van der Waals surface area contributed by atoms with E-state index in [1.165, 1.54) is 148 Å². The first-order chi connectivity index (χ1) is 34.0. The fourth-order valence-corrected chi connectivity index (χ4v) is 8.22. The summed E-state index contributed by atoms with van der Waals surface area (Å²) in [6.07, 6.45) is 73.1. The number of carbonyl (C=O) groups is 3. The molecule has 0 unspecified atom stereocenters. The number of esters is 3. The summed E-state index contributed by atoms with van der Waals surface area (Å²) in [6, 6.07) is 0. The summed E-state index contributed by atoms with van der Waals surface area (Å²) < 4.78 is 16.9. The molecule has 0 radical (unpaired) electrons. The molecule has 0 aromatic heterocycles. The molecule has 6 heteroatoms. The van der Waals surface area contributed by atoms with Gasteiger partial charge in [-0.05, 0) is 96.3 Å². The van der Waals surface area contributed by atoms with E-state index in [1.807, 2.05) is 0 Å². The zero-order valence-electron chi connectivity index (χ0n) is 45.6. The second kappa shape index (κ2) is 57.4. The first kappa shape index (κ1) is 65.8. The Labute approximate surface area is 427 Å². The highest BCUT2D eigenvalue weighted by Crippen LogP contribution is 2.16. The molecular weight excluding hydrogens is 853 g/mol. The van der Waals surface area contributed by atoms with Crippen LogP contribution in [0.5, 0.6) is 0 Å². The van der Waals surface area contributed by atoms with Gasteiger partial charge in [0.25, 0.3) is 0 Å². The van der Waals surface area contributed by atoms with Crippen LogP contribution in [0.1, 0.15) is 290 Å². The van der Waals surface area contributed by atoms with Crippen molar-refractivity contribution < 1.29 is 28.6 Å². The van der Waals surface area contributed by atoms with Crippen LogP contribution in [0.2, 0.25) is 0 Å². The molecule has 0 saturated heterocycles. The van der Waals surface area contributed by atoms with E-state index in [0.717, 1.165) is 103 Å². The molecule has 0 saturated carbocycles. The Balaban J connectivity index is 4.44. The molecule has 0 spiro atoms. The molecule has 0 aliphatic heterocycles. The van der Waals surface area contributed by atoms with E-state index in [-0.39, 0.29) is 31.1 Å². The highest BCUT2D eigenvalue weighted by Gasteiger charge is 2.19. The third-order valence-corrected chi connectivity index (χ3v) is 12.7. The zero-order valence-corrected chi connectivity index (χ0v) is 45.6. The van der Waals surface area contributed by atoms with Crippen molar-refractivity contribution in [3.63, 3.8) is 0 Å². The van der Waals surface area contributed by atoms with Gasteiger partial charge in [0.1, 0.15) is 13.2 Å². The maximum absolute atomic E-state index is 12.9. The smallest absolute Gasteiger partial charge is 0.306 e. The molecule has 0 aliphatic rings. The van der Waals surface area contributed by atoms with Gasteiger partial charge in [-0.2, -0.15) is 0 Å². The largest absolute Gasteiger partial charge is 0.462 e. The van der Waals surface area contributed by atoms with Crippen molar-refractivity contribution >= 4 is 17.9 Å². The molecule has 0 N–H and O–H groups in total. The van der Waals surface area contributed by atoms with E-state index in [9.17, 15) is 14.4 Å². The van der Waals surface area contributed by atoms with Gasteiger partial charge in [-0.25, -0.2) is 0 Å². The highest BCUT2D eigenvalue weighted by molar-refractivity contribution is 5.71. The lowest BCUT2D eigenvalue weighted by Crippen LogP contribution is -2.30. The lowest BCUT2D eigenvalue weighted by atomic mass is 10.0. The molecule has 0 heterocycles. The van der Waals surface area contributed by atoms with Crippen LogP contribution in [0.3, 0.4) is 0 Å². The molecule has 0 fully saturated rings. The van der Waals surface area contributed by atoms with Gasteiger partial charge in [0, 0.05) is 19.3 Å². The number of rotatable bonds is 53. The normalized spacial score (nSPS) is 12.6. The van der Waals surface area contributed by atoms with Crippen LogP contribution in [0.4, 0.5) is 0 Å². The first-order valence-electron chi connectivity index (χ1n) is 29.4. The van der Waals surface area contributed by atoms with Gasteiger partial charge >= 0.3 is 17.9 Å². The minimum absolute atomic E-state index is 0.0910. The van der Waals surface area contributed by atoms with Gasteiger partial charge in [0.15, 0.2) is 6.10 Å². The predicted molar refractivity (Wildman–Crippen MR) is 298 cm³/mol. The molecular formula is C63H110O6. The maximum atomic E-state index is 12.9. The number of hydrogen-bond acceptors (Lipinski definition) is 6. The van der Waals surface area contributed by atoms with E-state index in [4.69, 9.17) is 14.2 Å². The Bertz CT molecular complexity index is 1290. The third kappa shape index (κ3) is 55.6. The molecule has 0 aromatic rings. The predicted octanol–water partition coefficient (Wildman–Crippen LogP) is 19.8. The monoisotopic (exact) mass is 963 g/mol. The van der Waals surface area contributed by atoms with Crippen molar-refractivity contribution in [3.05, 3.63) is 72.9 Å². The third-order valence-electron chi connectivity index (χ3n) is 12.7. The molecule has 0 aromatic carbocycles. The quantitative estimate of drug-likeness (QED) is 0.0262. The molecule has 0 amide bonds. The SMILES string of the molecule is CCCCC/C=C\C/C=C\C/C=C\C/C=C\CCCCCC(=O)OC[C@H](COC(=O)CCCCCCC/C=C\C/C=C\CCCCC)OC(=O)CCCCCCCCCCCCCCCCCCC. The molecule has 0 rings (SSSR count). The number of allylic oxidation sites excluding steroid dienone is 12. The van der Waals surface area contributed by atoms with Crippen LogP contribution in [0, 0.1) is 0 Å². The van der Waals surface area contributed by atoms with Gasteiger partial charge in [-0.3, -0.25) is 14.4 Å². The number of ether oxygens (including phenoxy) is 3. The summed E-state index contributed by atoms with van der Waals surface area (Å²) in [5.41, 5.74) is 0. The number of carbonyl (C=O) groups excluding carboxylic acids is 3. The molecule has 69 heavy (non-hydrogen) atoms. The minimum Gasteiger partial charge on any atom is -0.462 e. The van der Waals surface area contributed by atoms with E-state index in [1.54, 1.807) is 0 Å². The van der Waals surface area contributed by atoms with E-state index >= 15 is 0 Å². The summed E-state index contributed by atoms with van der Waals surface area (Å²) in [7, 11) is 0. The molecule has 0 bridgehead atoms. The van der Waals surface area contributed by atoms with Crippen molar-refractivity contribution in [1.29, 1.82) is 0 Å². The van der Waals surface area contributed by atoms with Crippen LogP contribution in [0.15, 0.2) is 72.9 Å². The number of hydrogen-bond donors (Lipinski definition) is 0. The highest BCUT2D eigenvalue weighted by atomic mass is 16.6. The second-order valence-corrected chi connectivity index (χ2v) is 19.6. The van der Waals surface area contributed by atoms with Gasteiger partial charge in [-0.15, -0.1) is 0 Å². The first-order valence-corrected chi connectivity index (χ1v) is 29.4. The zero-order chi connectivity index (χ0) is 50.0. The summed E-state index contributed by atoms with van der Waals surface area (Å²) in [4.78, 5) is 38.2. The van der Waals surface area contributed by atoms with Gasteiger partial charge in [-0.1, -0.05) is 248 Å². The molecule has 0 aliphatic carbocycles. The van der Waals surface area contributed by atoms with Crippen LogP contribution in [-0.2, 0) is 28.6 Å². The van der Waals surface area contributed by atoms with Crippen LogP contribution in [-0.4, -0.2) is 37.2 Å². The van der Waals surface area contributed by atoms with E-state index in [0.29, 0.717) is 19.3 Å². The summed E-state index contributed by atoms with van der Waals surface area (Å²) >= 11 is 0. The van der Waals surface area contributed by atoms with Crippen molar-refractivity contribution in [2.75, 3.05) is 13.2 Å². The van der Waals surface area contributed by atoms with Gasteiger partial charge < -0.3 is 14.2 Å². The Morgan fingerprint density at radius 1 is 0.290 bits per heavy atom. The van der Waals surface area contributed by atoms with Gasteiger partial charge in [0.2, 0.25) is 0 Å². The fraction of sp³-hybridized carbons (Fsp3) is 0.762.